The first-order valence-corrected chi connectivity index (χ1v) is 9.64. The topological polar surface area (TPSA) is 102 Å². The Labute approximate surface area is 169 Å². The van der Waals surface area contributed by atoms with Crippen molar-refractivity contribution in [3.63, 3.8) is 0 Å². The first kappa shape index (κ1) is 19.2. The van der Waals surface area contributed by atoms with Gasteiger partial charge in [-0.1, -0.05) is 32.1 Å². The van der Waals surface area contributed by atoms with Gasteiger partial charge in [0.15, 0.2) is 0 Å². The van der Waals surface area contributed by atoms with Crippen LogP contribution in [0.1, 0.15) is 44.7 Å². The van der Waals surface area contributed by atoms with Gasteiger partial charge in [0, 0.05) is 17.6 Å². The van der Waals surface area contributed by atoms with Crippen LogP contribution in [-0.2, 0) is 4.79 Å². The van der Waals surface area contributed by atoms with E-state index in [1.54, 1.807) is 6.08 Å². The molecule has 0 atom stereocenters. The first-order chi connectivity index (χ1) is 13.8. The Balaban J connectivity index is 1.65. The molecule has 0 radical (unpaired) electrons. The minimum absolute atomic E-state index is 0.0498. The maximum absolute atomic E-state index is 12.2. The number of ether oxygens (including phenoxy) is 1. The van der Waals surface area contributed by atoms with E-state index in [2.05, 4.69) is 48.1 Å². The number of pyridine rings is 1. The normalized spacial score (nSPS) is 18.6. The maximum Gasteiger partial charge on any atom is 0.285 e. The summed E-state index contributed by atoms with van der Waals surface area (Å²) in [4.78, 5) is 16.6. The zero-order valence-electron chi connectivity index (χ0n) is 16.7. The largest absolute Gasteiger partial charge is 0.491 e. The molecule has 2 fully saturated rings. The molecule has 0 spiro atoms. The predicted molar refractivity (Wildman–Crippen MR) is 109 cm³/mol. The van der Waals surface area contributed by atoms with Crippen LogP contribution in [0.15, 0.2) is 30.1 Å². The molecule has 8 nitrogen and oxygen atoms in total. The van der Waals surface area contributed by atoms with Gasteiger partial charge in [0.05, 0.1) is 12.1 Å². The quantitative estimate of drug-likeness (QED) is 0.672. The Hall–Kier alpha value is -3.15. The third-order valence-electron chi connectivity index (χ3n) is 4.50. The molecule has 1 aromatic carbocycles. The smallest absolute Gasteiger partial charge is 0.285 e. The highest BCUT2D eigenvalue weighted by molar-refractivity contribution is 5.99. The van der Waals surface area contributed by atoms with E-state index in [1.165, 1.54) is 11.4 Å². The van der Waals surface area contributed by atoms with Crippen LogP contribution < -0.4 is 21.0 Å². The first-order valence-electron chi connectivity index (χ1n) is 9.64. The van der Waals surface area contributed by atoms with Crippen LogP contribution in [0.3, 0.4) is 0 Å². The van der Waals surface area contributed by atoms with Crippen molar-refractivity contribution in [3.05, 3.63) is 41.2 Å². The highest BCUT2D eigenvalue weighted by atomic mass is 16.5. The van der Waals surface area contributed by atoms with Crippen LogP contribution in [0.5, 0.6) is 5.75 Å². The van der Waals surface area contributed by atoms with Gasteiger partial charge in [-0.25, -0.2) is 5.43 Å². The van der Waals surface area contributed by atoms with Crippen LogP contribution in [0.4, 0.5) is 0 Å². The number of rotatable bonds is 5. The number of benzene rings is 1. The molecule has 3 N–H and O–H groups in total. The third kappa shape index (κ3) is 4.47. The van der Waals surface area contributed by atoms with E-state index in [9.17, 15) is 10.1 Å². The Kier molecular flexibility index (Phi) is 4.86. The summed E-state index contributed by atoms with van der Waals surface area (Å²) in [6, 6.07) is 8.20. The summed E-state index contributed by atoms with van der Waals surface area (Å²) in [5.74, 6) is 0.305. The summed E-state index contributed by atoms with van der Waals surface area (Å²) in [5, 5.41) is 11.7. The fourth-order valence-corrected chi connectivity index (χ4v) is 2.88. The summed E-state index contributed by atoms with van der Waals surface area (Å²) in [6.45, 7) is 6.69. The molecule has 150 valence electrons. The molecular weight excluding hydrogens is 368 g/mol. The molecule has 1 aliphatic heterocycles. The van der Waals surface area contributed by atoms with E-state index in [4.69, 9.17) is 4.74 Å². The summed E-state index contributed by atoms with van der Waals surface area (Å²) in [7, 11) is 0. The molecule has 2 aromatic rings. The standard InChI is InChI=1S/C21H24N6O2/c1-21(2,3)12-29-19-14(10-22)11-23-17-7-4-13(8-16(17)19)9-18-20(28)26-27(25-18)24-15-5-6-15/h4,7-9,11,15,24-25H,5-6,12H2,1-3H3,(H,26,28)/b18-9-. The Morgan fingerprint density at radius 1 is 1.38 bits per heavy atom. The number of nitriles is 1. The van der Waals surface area contributed by atoms with E-state index in [0.717, 1.165) is 29.3 Å². The van der Waals surface area contributed by atoms with Gasteiger partial charge >= 0.3 is 0 Å². The highest BCUT2D eigenvalue weighted by Gasteiger charge is 2.29. The predicted octanol–water partition coefficient (Wildman–Crippen LogP) is 2.39. The summed E-state index contributed by atoms with van der Waals surface area (Å²) < 4.78 is 6.02. The van der Waals surface area contributed by atoms with E-state index in [0.29, 0.717) is 29.7 Å². The van der Waals surface area contributed by atoms with Crippen molar-refractivity contribution in [2.75, 3.05) is 6.61 Å². The molecular formula is C21H24N6O2. The second kappa shape index (κ2) is 7.35. The van der Waals surface area contributed by atoms with Crippen molar-refractivity contribution in [2.24, 2.45) is 5.41 Å². The van der Waals surface area contributed by atoms with E-state index >= 15 is 0 Å². The van der Waals surface area contributed by atoms with Gasteiger partial charge in [-0.3, -0.25) is 20.6 Å². The van der Waals surface area contributed by atoms with Gasteiger partial charge in [0.1, 0.15) is 23.1 Å². The average Bonchev–Trinajstić information content (AvgIpc) is 3.41. The number of hydrazine groups is 3. The van der Waals surface area contributed by atoms with Crippen molar-refractivity contribution < 1.29 is 9.53 Å². The number of aromatic nitrogens is 1. The van der Waals surface area contributed by atoms with Crippen molar-refractivity contribution >= 4 is 22.9 Å². The summed E-state index contributed by atoms with van der Waals surface area (Å²) in [5.41, 5.74) is 11.2. The van der Waals surface area contributed by atoms with Gasteiger partial charge < -0.3 is 4.74 Å². The number of nitrogens with zero attached hydrogens (tertiary/aromatic N) is 3. The Morgan fingerprint density at radius 2 is 2.17 bits per heavy atom. The minimum Gasteiger partial charge on any atom is -0.491 e. The molecule has 0 bridgehead atoms. The zero-order valence-corrected chi connectivity index (χ0v) is 16.7. The van der Waals surface area contributed by atoms with Gasteiger partial charge in [0.25, 0.3) is 5.91 Å². The number of hydrogen-bond donors (Lipinski definition) is 3. The van der Waals surface area contributed by atoms with E-state index < -0.39 is 0 Å². The van der Waals surface area contributed by atoms with Gasteiger partial charge in [-0.2, -0.15) is 5.26 Å². The van der Waals surface area contributed by atoms with Crippen LogP contribution in [-0.4, -0.2) is 28.8 Å². The van der Waals surface area contributed by atoms with Crippen LogP contribution in [0, 0.1) is 16.7 Å². The molecule has 1 saturated carbocycles. The molecule has 2 heterocycles. The number of amides is 1. The second-order valence-electron chi connectivity index (χ2n) is 8.59. The summed E-state index contributed by atoms with van der Waals surface area (Å²) >= 11 is 0. The number of fused-ring (bicyclic) bond motifs is 1. The molecule has 4 rings (SSSR count). The lowest BCUT2D eigenvalue weighted by Crippen LogP contribution is -2.50. The van der Waals surface area contributed by atoms with E-state index in [1.807, 2.05) is 18.2 Å². The number of hydrogen-bond acceptors (Lipinski definition) is 7. The fourth-order valence-electron chi connectivity index (χ4n) is 2.88. The van der Waals surface area contributed by atoms with Crippen molar-refractivity contribution in [2.45, 2.75) is 39.7 Å². The molecule has 1 saturated heterocycles. The molecule has 1 aliphatic carbocycles. The van der Waals surface area contributed by atoms with Gasteiger partial charge in [0.2, 0.25) is 0 Å². The van der Waals surface area contributed by atoms with Crippen LogP contribution in [0.2, 0.25) is 0 Å². The summed E-state index contributed by atoms with van der Waals surface area (Å²) in [6.07, 6.45) is 5.49. The lowest BCUT2D eigenvalue weighted by atomic mass is 9.98. The van der Waals surface area contributed by atoms with Crippen LogP contribution >= 0.6 is 0 Å². The highest BCUT2D eigenvalue weighted by Crippen LogP contribution is 2.31. The van der Waals surface area contributed by atoms with E-state index in [-0.39, 0.29) is 11.3 Å². The lowest BCUT2D eigenvalue weighted by Gasteiger charge is -2.20. The molecule has 1 aromatic heterocycles. The van der Waals surface area contributed by atoms with Gasteiger partial charge in [-0.15, -0.1) is 0 Å². The number of carbonyl (C=O) groups excluding carboxylic acids is 1. The van der Waals surface area contributed by atoms with Crippen molar-refractivity contribution in [1.82, 2.24) is 26.5 Å². The molecule has 0 unspecified atom stereocenters. The molecule has 8 heteroatoms. The molecule has 1 amide bonds. The van der Waals surface area contributed by atoms with Crippen LogP contribution in [0.25, 0.3) is 17.0 Å². The average molecular weight is 392 g/mol. The van der Waals surface area contributed by atoms with Crippen molar-refractivity contribution in [1.29, 1.82) is 5.26 Å². The monoisotopic (exact) mass is 392 g/mol. The number of nitrogens with one attached hydrogen (secondary N) is 3. The zero-order chi connectivity index (χ0) is 20.6. The maximum atomic E-state index is 12.2. The lowest BCUT2D eigenvalue weighted by molar-refractivity contribution is -0.119. The third-order valence-corrected chi connectivity index (χ3v) is 4.50. The Morgan fingerprint density at radius 3 is 2.86 bits per heavy atom. The van der Waals surface area contributed by atoms with Gasteiger partial charge in [-0.05, 0) is 42.0 Å². The SMILES string of the molecule is CC(C)(C)COc1c(C#N)cnc2ccc(/C=C3\NN(NC4CC4)NC3=O)cc12. The molecule has 29 heavy (non-hydrogen) atoms. The minimum atomic E-state index is -0.216. The molecule has 2 aliphatic rings. The number of carbonyl (C=O) groups is 1. The second-order valence-corrected chi connectivity index (χ2v) is 8.59. The van der Waals surface area contributed by atoms with Crippen molar-refractivity contribution in [3.8, 4) is 11.8 Å². The Bertz CT molecular complexity index is 1030. The fraction of sp³-hybridized carbons (Fsp3) is 0.381.